The predicted octanol–water partition coefficient (Wildman–Crippen LogP) is 3.41. The van der Waals surface area contributed by atoms with Crippen molar-refractivity contribution in [1.82, 2.24) is 34.3 Å². The average Bonchev–Trinajstić information content (AvgIpc) is 3.52. The molecule has 10 heteroatoms. The minimum atomic E-state index is -0.144. The number of aliphatic hydroxyl groups excluding tert-OH is 1. The number of imidazole rings is 1. The van der Waals surface area contributed by atoms with Crippen LogP contribution in [0.25, 0.3) is 28.1 Å². The zero-order valence-electron chi connectivity index (χ0n) is 19.6. The fourth-order valence-corrected chi connectivity index (χ4v) is 3.78. The maximum Gasteiger partial charge on any atom is 0.227 e. The standard InChI is InChI=1S/C25H27N9O/c1-3-19(15-35)30-25-31-23(22-24(32-25)34(16-28-22)20-13-29-33(2)14-20)27-12-17-7-9-18(10-8-17)21-6-4-5-11-26-21/h4-11,13-14,16,19,35H,3,12,15H2,1-2H3,(H2,27,30,31,32)/t19-/m1/s1. The van der Waals surface area contributed by atoms with Crippen LogP contribution in [0.1, 0.15) is 18.9 Å². The Morgan fingerprint density at radius 2 is 1.91 bits per heavy atom. The van der Waals surface area contributed by atoms with Gasteiger partial charge in [0.25, 0.3) is 0 Å². The number of rotatable bonds is 9. The zero-order chi connectivity index (χ0) is 24.2. The smallest absolute Gasteiger partial charge is 0.227 e. The van der Waals surface area contributed by atoms with E-state index in [1.165, 1.54) is 0 Å². The van der Waals surface area contributed by atoms with Crippen LogP contribution in [0.15, 0.2) is 67.4 Å². The van der Waals surface area contributed by atoms with Gasteiger partial charge in [-0.15, -0.1) is 0 Å². The molecule has 0 bridgehead atoms. The van der Waals surface area contributed by atoms with Gasteiger partial charge in [-0.25, -0.2) is 4.98 Å². The van der Waals surface area contributed by atoms with Crippen molar-refractivity contribution in [3.8, 4) is 16.9 Å². The minimum absolute atomic E-state index is 0.00878. The summed E-state index contributed by atoms with van der Waals surface area (Å²) in [6.07, 6.45) is 7.91. The highest BCUT2D eigenvalue weighted by Gasteiger charge is 2.17. The monoisotopic (exact) mass is 469 g/mol. The Morgan fingerprint density at radius 3 is 2.60 bits per heavy atom. The summed E-state index contributed by atoms with van der Waals surface area (Å²) in [6.45, 7) is 2.55. The number of fused-ring (bicyclic) bond motifs is 1. The van der Waals surface area contributed by atoms with E-state index in [9.17, 15) is 5.11 Å². The van der Waals surface area contributed by atoms with E-state index in [0.717, 1.165) is 28.9 Å². The fraction of sp³-hybridized carbons (Fsp3) is 0.240. The molecule has 0 saturated heterocycles. The van der Waals surface area contributed by atoms with Crippen LogP contribution in [0.5, 0.6) is 0 Å². The molecule has 0 unspecified atom stereocenters. The van der Waals surface area contributed by atoms with Crippen LogP contribution < -0.4 is 10.6 Å². The van der Waals surface area contributed by atoms with Crippen LogP contribution in [0, 0.1) is 0 Å². The van der Waals surface area contributed by atoms with Crippen LogP contribution in [0.3, 0.4) is 0 Å². The van der Waals surface area contributed by atoms with E-state index in [4.69, 9.17) is 4.98 Å². The first-order chi connectivity index (χ1) is 17.1. The lowest BCUT2D eigenvalue weighted by molar-refractivity contribution is 0.271. The number of hydrogen-bond acceptors (Lipinski definition) is 8. The first-order valence-corrected chi connectivity index (χ1v) is 11.5. The SMILES string of the molecule is CC[C@H](CO)Nc1nc(NCc2ccc(-c3ccccn3)cc2)c2ncn(-c3cnn(C)c3)c2n1. The van der Waals surface area contributed by atoms with Crippen LogP contribution in [-0.2, 0) is 13.6 Å². The van der Waals surface area contributed by atoms with Crippen molar-refractivity contribution in [3.05, 3.63) is 72.9 Å². The van der Waals surface area contributed by atoms with E-state index in [1.54, 1.807) is 23.4 Å². The number of aryl methyl sites for hydroxylation is 1. The molecule has 1 aromatic carbocycles. The highest BCUT2D eigenvalue weighted by atomic mass is 16.3. The summed E-state index contributed by atoms with van der Waals surface area (Å²) in [4.78, 5) is 18.4. The zero-order valence-corrected chi connectivity index (χ0v) is 19.6. The third-order valence-corrected chi connectivity index (χ3v) is 5.79. The summed E-state index contributed by atoms with van der Waals surface area (Å²) in [5.41, 5.74) is 5.26. The van der Waals surface area contributed by atoms with Crippen molar-refractivity contribution in [2.75, 3.05) is 17.2 Å². The second-order valence-corrected chi connectivity index (χ2v) is 8.25. The van der Waals surface area contributed by atoms with Crippen LogP contribution in [-0.4, -0.2) is 52.0 Å². The molecular formula is C25H27N9O. The molecule has 0 radical (unpaired) electrons. The lowest BCUT2D eigenvalue weighted by Gasteiger charge is -2.15. The highest BCUT2D eigenvalue weighted by Crippen LogP contribution is 2.25. The van der Waals surface area contributed by atoms with E-state index in [2.05, 4.69) is 54.9 Å². The number of anilines is 2. The Bertz CT molecular complexity index is 1410. The molecule has 0 aliphatic rings. The maximum atomic E-state index is 9.66. The molecule has 10 nitrogen and oxygen atoms in total. The molecule has 5 rings (SSSR count). The average molecular weight is 470 g/mol. The van der Waals surface area contributed by atoms with Crippen molar-refractivity contribution in [3.63, 3.8) is 0 Å². The van der Waals surface area contributed by atoms with Gasteiger partial charge < -0.3 is 15.7 Å². The van der Waals surface area contributed by atoms with E-state index in [-0.39, 0.29) is 12.6 Å². The third-order valence-electron chi connectivity index (χ3n) is 5.79. The molecule has 178 valence electrons. The van der Waals surface area contributed by atoms with Gasteiger partial charge in [-0.1, -0.05) is 37.3 Å². The minimum Gasteiger partial charge on any atom is -0.394 e. The number of nitrogens with zero attached hydrogens (tertiary/aromatic N) is 7. The van der Waals surface area contributed by atoms with Crippen molar-refractivity contribution >= 4 is 22.9 Å². The molecule has 4 aromatic heterocycles. The van der Waals surface area contributed by atoms with Gasteiger partial charge in [-0.05, 0) is 24.1 Å². The van der Waals surface area contributed by atoms with E-state index >= 15 is 0 Å². The van der Waals surface area contributed by atoms with Gasteiger partial charge in [0.15, 0.2) is 17.0 Å². The van der Waals surface area contributed by atoms with Gasteiger partial charge >= 0.3 is 0 Å². The lowest BCUT2D eigenvalue weighted by Crippen LogP contribution is -2.24. The van der Waals surface area contributed by atoms with Gasteiger partial charge in [0, 0.05) is 31.5 Å². The molecule has 5 aromatic rings. The molecule has 3 N–H and O–H groups in total. The molecule has 0 spiro atoms. The summed E-state index contributed by atoms with van der Waals surface area (Å²) >= 11 is 0. The Hall–Kier alpha value is -4.31. The summed E-state index contributed by atoms with van der Waals surface area (Å²) in [7, 11) is 1.86. The second kappa shape index (κ2) is 9.90. The summed E-state index contributed by atoms with van der Waals surface area (Å²) < 4.78 is 3.61. The van der Waals surface area contributed by atoms with Gasteiger partial charge in [0.1, 0.15) is 6.33 Å². The predicted molar refractivity (Wildman–Crippen MR) is 135 cm³/mol. The van der Waals surface area contributed by atoms with Crippen LogP contribution in [0.2, 0.25) is 0 Å². The number of benzene rings is 1. The Kier molecular flexibility index (Phi) is 6.36. The Morgan fingerprint density at radius 1 is 1.06 bits per heavy atom. The molecule has 0 saturated carbocycles. The fourth-order valence-electron chi connectivity index (χ4n) is 3.78. The van der Waals surface area contributed by atoms with Crippen LogP contribution >= 0.6 is 0 Å². The second-order valence-electron chi connectivity index (χ2n) is 8.25. The summed E-state index contributed by atoms with van der Waals surface area (Å²) in [5, 5.41) is 20.6. The van der Waals surface area contributed by atoms with Gasteiger partial charge in [0.05, 0.1) is 30.2 Å². The first-order valence-electron chi connectivity index (χ1n) is 11.5. The van der Waals surface area contributed by atoms with Gasteiger partial charge in [-0.2, -0.15) is 15.1 Å². The normalized spacial score (nSPS) is 12.1. The molecule has 0 fully saturated rings. The number of nitrogens with one attached hydrogen (secondary N) is 2. The van der Waals surface area contributed by atoms with Crippen molar-refractivity contribution in [1.29, 1.82) is 0 Å². The lowest BCUT2D eigenvalue weighted by atomic mass is 10.1. The molecule has 0 aliphatic heterocycles. The summed E-state index contributed by atoms with van der Waals surface area (Å²) in [5.74, 6) is 1.04. The number of aromatic nitrogens is 7. The number of hydrogen-bond donors (Lipinski definition) is 3. The van der Waals surface area contributed by atoms with Crippen molar-refractivity contribution in [2.45, 2.75) is 25.9 Å². The van der Waals surface area contributed by atoms with Gasteiger partial charge in [-0.3, -0.25) is 14.2 Å². The topological polar surface area (TPSA) is 119 Å². The first kappa shape index (κ1) is 22.5. The molecule has 0 amide bonds. The molecular weight excluding hydrogens is 442 g/mol. The third kappa shape index (κ3) is 4.82. The highest BCUT2D eigenvalue weighted by molar-refractivity contribution is 5.85. The van der Waals surface area contributed by atoms with Crippen LogP contribution in [0.4, 0.5) is 11.8 Å². The molecule has 35 heavy (non-hydrogen) atoms. The number of pyridine rings is 1. The largest absolute Gasteiger partial charge is 0.394 e. The van der Waals surface area contributed by atoms with Crippen molar-refractivity contribution in [2.24, 2.45) is 7.05 Å². The molecule has 0 aliphatic carbocycles. The van der Waals surface area contributed by atoms with E-state index in [0.29, 0.717) is 29.5 Å². The van der Waals surface area contributed by atoms with E-state index in [1.807, 2.05) is 42.9 Å². The van der Waals surface area contributed by atoms with Gasteiger partial charge in [0.2, 0.25) is 5.95 Å². The molecule has 4 heterocycles. The maximum absolute atomic E-state index is 9.66. The summed E-state index contributed by atoms with van der Waals surface area (Å²) in [6, 6.07) is 14.0. The van der Waals surface area contributed by atoms with Crippen molar-refractivity contribution < 1.29 is 5.11 Å². The number of aliphatic hydroxyl groups is 1. The quantitative estimate of drug-likeness (QED) is 0.301. The Balaban J connectivity index is 1.44. The van der Waals surface area contributed by atoms with E-state index < -0.39 is 0 Å². The Labute approximate surface area is 202 Å². The molecule has 1 atom stereocenters.